The van der Waals surface area contributed by atoms with E-state index in [0.717, 1.165) is 25.7 Å². The summed E-state index contributed by atoms with van der Waals surface area (Å²) < 4.78 is 39.5. The van der Waals surface area contributed by atoms with Gasteiger partial charge in [0.1, 0.15) is 5.82 Å². The fourth-order valence-electron chi connectivity index (χ4n) is 3.27. The van der Waals surface area contributed by atoms with E-state index in [1.165, 1.54) is 4.57 Å². The predicted octanol–water partition coefficient (Wildman–Crippen LogP) is 2.19. The van der Waals surface area contributed by atoms with Crippen LogP contribution in [-0.2, 0) is 19.3 Å². The third-order valence-electron chi connectivity index (χ3n) is 4.43. The number of halogens is 3. The Morgan fingerprint density at radius 2 is 1.81 bits per heavy atom. The van der Waals surface area contributed by atoms with Gasteiger partial charge in [-0.25, -0.2) is 0 Å². The summed E-state index contributed by atoms with van der Waals surface area (Å²) in [6, 6.07) is 2.64. The van der Waals surface area contributed by atoms with Gasteiger partial charge in [0.05, 0.1) is 12.6 Å². The molecular formula is C13H16F3N5. The highest BCUT2D eigenvalue weighted by Gasteiger charge is 2.40. The molecule has 2 aliphatic rings. The summed E-state index contributed by atoms with van der Waals surface area (Å²) in [5, 5.41) is 15.9. The SMILES string of the molecule is N#CC1CCC(N2CCn3c(nnc3C(F)(F)F)C2)CC1. The molecule has 0 unspecified atom stereocenters. The Labute approximate surface area is 120 Å². The lowest BCUT2D eigenvalue weighted by molar-refractivity contribution is -0.148. The first-order valence-corrected chi connectivity index (χ1v) is 7.12. The van der Waals surface area contributed by atoms with Gasteiger partial charge < -0.3 is 4.57 Å². The molecule has 0 aromatic carbocycles. The summed E-state index contributed by atoms with van der Waals surface area (Å²) in [7, 11) is 0. The Hall–Kier alpha value is -1.62. The number of hydrogen-bond acceptors (Lipinski definition) is 4. The molecule has 0 N–H and O–H groups in total. The van der Waals surface area contributed by atoms with E-state index in [4.69, 9.17) is 5.26 Å². The first-order valence-electron chi connectivity index (χ1n) is 7.12. The largest absolute Gasteiger partial charge is 0.451 e. The van der Waals surface area contributed by atoms with E-state index in [9.17, 15) is 13.2 Å². The zero-order chi connectivity index (χ0) is 15.0. The summed E-state index contributed by atoms with van der Waals surface area (Å²) in [5.74, 6) is -0.382. The molecule has 0 amide bonds. The Morgan fingerprint density at radius 1 is 1.10 bits per heavy atom. The van der Waals surface area contributed by atoms with Crippen LogP contribution in [0.4, 0.5) is 13.2 Å². The Bertz CT molecular complexity index is 551. The Morgan fingerprint density at radius 3 is 2.43 bits per heavy atom. The summed E-state index contributed by atoms with van der Waals surface area (Å²) in [4.78, 5) is 2.18. The van der Waals surface area contributed by atoms with Crippen LogP contribution in [0.15, 0.2) is 0 Å². The second-order valence-corrected chi connectivity index (χ2v) is 5.69. The average molecular weight is 299 g/mol. The minimum absolute atomic E-state index is 0.131. The molecule has 5 nitrogen and oxygen atoms in total. The van der Waals surface area contributed by atoms with E-state index in [1.54, 1.807) is 0 Å². The van der Waals surface area contributed by atoms with Crippen LogP contribution in [0.25, 0.3) is 0 Å². The quantitative estimate of drug-likeness (QED) is 0.797. The van der Waals surface area contributed by atoms with Crippen LogP contribution in [0, 0.1) is 17.2 Å². The van der Waals surface area contributed by atoms with Crippen LogP contribution in [0.2, 0.25) is 0 Å². The van der Waals surface area contributed by atoms with Crippen molar-refractivity contribution >= 4 is 0 Å². The molecule has 1 fully saturated rings. The fourth-order valence-corrected chi connectivity index (χ4v) is 3.27. The van der Waals surface area contributed by atoms with E-state index in [2.05, 4.69) is 21.2 Å². The maximum Gasteiger partial charge on any atom is 0.451 e. The Kier molecular flexibility index (Phi) is 3.61. The number of hydrogen-bond donors (Lipinski definition) is 0. The van der Waals surface area contributed by atoms with Gasteiger partial charge in [-0.05, 0) is 25.7 Å². The summed E-state index contributed by atoms with van der Waals surface area (Å²) in [5.41, 5.74) is 0. The molecule has 0 bridgehead atoms. The van der Waals surface area contributed by atoms with Crippen molar-refractivity contribution in [2.45, 2.75) is 51.0 Å². The zero-order valence-corrected chi connectivity index (χ0v) is 11.5. The average Bonchev–Trinajstić information content (AvgIpc) is 2.90. The molecule has 114 valence electrons. The van der Waals surface area contributed by atoms with E-state index >= 15 is 0 Å². The zero-order valence-electron chi connectivity index (χ0n) is 11.5. The highest BCUT2D eigenvalue weighted by Crippen LogP contribution is 2.32. The maximum atomic E-state index is 12.8. The molecule has 0 saturated heterocycles. The van der Waals surface area contributed by atoms with Crippen molar-refractivity contribution in [3.63, 3.8) is 0 Å². The van der Waals surface area contributed by atoms with Crippen LogP contribution in [-0.4, -0.2) is 32.3 Å². The minimum Gasteiger partial charge on any atom is -0.305 e. The summed E-state index contributed by atoms with van der Waals surface area (Å²) >= 11 is 0. The number of nitrogens with zero attached hydrogens (tertiary/aromatic N) is 5. The van der Waals surface area contributed by atoms with E-state index in [0.29, 0.717) is 25.0 Å². The van der Waals surface area contributed by atoms with Gasteiger partial charge in [-0.1, -0.05) is 0 Å². The monoisotopic (exact) mass is 299 g/mol. The van der Waals surface area contributed by atoms with Gasteiger partial charge in [0.15, 0.2) is 0 Å². The minimum atomic E-state index is -4.45. The van der Waals surface area contributed by atoms with E-state index in [1.807, 2.05) is 0 Å². The highest BCUT2D eigenvalue weighted by atomic mass is 19.4. The molecule has 1 aromatic heterocycles. The molecule has 0 radical (unpaired) electrons. The normalized spacial score (nSPS) is 27.1. The molecule has 1 aliphatic carbocycles. The molecule has 3 rings (SSSR count). The fraction of sp³-hybridized carbons (Fsp3) is 0.769. The predicted molar refractivity (Wildman–Crippen MR) is 66.8 cm³/mol. The topological polar surface area (TPSA) is 57.7 Å². The molecule has 2 heterocycles. The molecule has 1 aromatic rings. The van der Waals surface area contributed by atoms with E-state index in [-0.39, 0.29) is 12.5 Å². The molecule has 0 atom stereocenters. The molecule has 0 spiro atoms. The van der Waals surface area contributed by atoms with Crippen LogP contribution >= 0.6 is 0 Å². The second kappa shape index (κ2) is 5.30. The van der Waals surface area contributed by atoms with Crippen LogP contribution in [0.3, 0.4) is 0 Å². The lowest BCUT2D eigenvalue weighted by Crippen LogP contribution is -2.43. The third kappa shape index (κ3) is 2.75. The maximum absolute atomic E-state index is 12.8. The molecule has 21 heavy (non-hydrogen) atoms. The van der Waals surface area contributed by atoms with Gasteiger partial charge in [0, 0.05) is 25.0 Å². The lowest BCUT2D eigenvalue weighted by Gasteiger charge is -2.37. The highest BCUT2D eigenvalue weighted by molar-refractivity contribution is 5.03. The standard InChI is InChI=1S/C13H16F3N5/c14-13(15,16)12-19-18-11-8-20(5-6-21(11)12)10-3-1-9(7-17)2-4-10/h9-10H,1-6,8H2. The van der Waals surface area contributed by atoms with Crippen molar-refractivity contribution in [2.24, 2.45) is 5.92 Å². The molecule has 8 heteroatoms. The van der Waals surface area contributed by atoms with Gasteiger partial charge in [0.25, 0.3) is 0 Å². The van der Waals surface area contributed by atoms with Gasteiger partial charge in [-0.15, -0.1) is 10.2 Å². The van der Waals surface area contributed by atoms with Crippen molar-refractivity contribution in [3.05, 3.63) is 11.6 Å². The number of aromatic nitrogens is 3. The second-order valence-electron chi connectivity index (χ2n) is 5.69. The molecule has 1 aliphatic heterocycles. The van der Waals surface area contributed by atoms with Crippen LogP contribution in [0.1, 0.15) is 37.3 Å². The first kappa shape index (κ1) is 14.3. The van der Waals surface area contributed by atoms with Crippen molar-refractivity contribution in [1.82, 2.24) is 19.7 Å². The van der Waals surface area contributed by atoms with Crippen LogP contribution in [0.5, 0.6) is 0 Å². The van der Waals surface area contributed by atoms with Crippen molar-refractivity contribution < 1.29 is 13.2 Å². The summed E-state index contributed by atoms with van der Waals surface area (Å²) in [6.07, 6.45) is -0.842. The van der Waals surface area contributed by atoms with Gasteiger partial charge in [-0.2, -0.15) is 18.4 Å². The smallest absolute Gasteiger partial charge is 0.305 e. The van der Waals surface area contributed by atoms with Gasteiger partial charge in [-0.3, -0.25) is 4.90 Å². The number of alkyl halides is 3. The number of fused-ring (bicyclic) bond motifs is 1. The van der Waals surface area contributed by atoms with Crippen molar-refractivity contribution in [2.75, 3.05) is 6.54 Å². The van der Waals surface area contributed by atoms with Gasteiger partial charge in [0.2, 0.25) is 5.82 Å². The molecule has 1 saturated carbocycles. The van der Waals surface area contributed by atoms with Crippen LogP contribution < -0.4 is 0 Å². The Balaban J connectivity index is 1.69. The molecular weight excluding hydrogens is 283 g/mol. The number of nitriles is 1. The lowest BCUT2D eigenvalue weighted by atomic mass is 9.86. The van der Waals surface area contributed by atoms with Crippen molar-refractivity contribution in [1.29, 1.82) is 5.26 Å². The van der Waals surface area contributed by atoms with Crippen molar-refractivity contribution in [3.8, 4) is 6.07 Å². The number of rotatable bonds is 1. The van der Waals surface area contributed by atoms with Gasteiger partial charge >= 0.3 is 6.18 Å². The summed E-state index contributed by atoms with van der Waals surface area (Å²) in [6.45, 7) is 1.26. The van der Waals surface area contributed by atoms with E-state index < -0.39 is 12.0 Å². The first-order chi connectivity index (χ1) is 9.99. The third-order valence-corrected chi connectivity index (χ3v) is 4.43.